The van der Waals surface area contributed by atoms with Crippen LogP contribution in [0.2, 0.25) is 5.02 Å². The Morgan fingerprint density at radius 3 is 2.30 bits per heavy atom. The molecule has 0 bridgehead atoms. The van der Waals surface area contributed by atoms with E-state index in [0.717, 1.165) is 32.1 Å². The summed E-state index contributed by atoms with van der Waals surface area (Å²) in [6.07, 6.45) is 6.46. The minimum absolute atomic E-state index is 0.0845. The monoisotopic (exact) mass is 388 g/mol. The van der Waals surface area contributed by atoms with Crippen molar-refractivity contribution in [1.29, 1.82) is 0 Å². The van der Waals surface area contributed by atoms with Crippen LogP contribution in [0.5, 0.6) is 0 Å². The summed E-state index contributed by atoms with van der Waals surface area (Å²) < 4.78 is 0. The normalized spacial score (nSPS) is 26.6. The van der Waals surface area contributed by atoms with E-state index in [2.05, 4.69) is 0 Å². The molecule has 0 heterocycles. The molecule has 0 amide bonds. The van der Waals surface area contributed by atoms with E-state index in [0.29, 0.717) is 21.7 Å². The van der Waals surface area contributed by atoms with E-state index >= 15 is 0 Å². The van der Waals surface area contributed by atoms with Crippen molar-refractivity contribution < 1.29 is 19.8 Å². The lowest BCUT2D eigenvalue weighted by Gasteiger charge is -2.45. The van der Waals surface area contributed by atoms with E-state index in [1.54, 1.807) is 32.1 Å². The number of hydrogen-bond donors (Lipinski definition) is 2. The van der Waals surface area contributed by atoms with Gasteiger partial charge in [-0.1, -0.05) is 62.1 Å². The lowest BCUT2D eigenvalue weighted by atomic mass is 9.57. The molecule has 0 aliphatic heterocycles. The third-order valence-electron chi connectivity index (χ3n) is 6.39. The van der Waals surface area contributed by atoms with Crippen LogP contribution in [0.25, 0.3) is 5.57 Å². The smallest absolute Gasteiger partial charge is 0.332 e. The Kier molecular flexibility index (Phi) is 5.48. The molecule has 2 aliphatic rings. The first-order valence-electron chi connectivity index (χ1n) is 9.46. The summed E-state index contributed by atoms with van der Waals surface area (Å²) in [5, 5.41) is 20.7. The van der Waals surface area contributed by atoms with Crippen molar-refractivity contribution in [2.45, 2.75) is 46.0 Å². The third-order valence-corrected chi connectivity index (χ3v) is 6.72. The van der Waals surface area contributed by atoms with Gasteiger partial charge in [0.25, 0.3) is 0 Å². The first-order chi connectivity index (χ1) is 12.8. The summed E-state index contributed by atoms with van der Waals surface area (Å²) in [4.78, 5) is 24.7. The molecule has 0 radical (unpaired) electrons. The number of carboxylic acids is 2. The second-order valence-electron chi connectivity index (χ2n) is 7.68. The molecule has 27 heavy (non-hydrogen) atoms. The van der Waals surface area contributed by atoms with Gasteiger partial charge in [-0.15, -0.1) is 0 Å². The topological polar surface area (TPSA) is 74.6 Å². The number of aliphatic carboxylic acids is 2. The van der Waals surface area contributed by atoms with Gasteiger partial charge < -0.3 is 10.2 Å². The molecular weight excluding hydrogens is 364 g/mol. The Labute approximate surface area is 164 Å². The highest BCUT2D eigenvalue weighted by molar-refractivity contribution is 6.32. The van der Waals surface area contributed by atoms with Crippen LogP contribution in [-0.2, 0) is 9.59 Å². The molecule has 4 nitrogen and oxygen atoms in total. The van der Waals surface area contributed by atoms with Crippen molar-refractivity contribution in [2.24, 2.45) is 17.3 Å². The molecular formula is C22H25ClO4. The zero-order valence-corrected chi connectivity index (χ0v) is 16.4. The van der Waals surface area contributed by atoms with Gasteiger partial charge in [0.15, 0.2) is 0 Å². The second-order valence-corrected chi connectivity index (χ2v) is 8.08. The maximum Gasteiger partial charge on any atom is 0.332 e. The lowest BCUT2D eigenvalue weighted by Crippen LogP contribution is -2.47. The van der Waals surface area contributed by atoms with Crippen molar-refractivity contribution in [1.82, 2.24) is 0 Å². The Hall–Kier alpha value is -2.07. The largest absolute Gasteiger partial charge is 0.481 e. The summed E-state index contributed by atoms with van der Waals surface area (Å²) >= 11 is 6.39. The Bertz CT molecular complexity index is 832. The van der Waals surface area contributed by atoms with Crippen molar-refractivity contribution in [3.05, 3.63) is 52.1 Å². The molecule has 1 aromatic rings. The quantitative estimate of drug-likeness (QED) is 0.721. The molecule has 2 aliphatic carbocycles. The van der Waals surface area contributed by atoms with Gasteiger partial charge in [-0.25, -0.2) is 4.79 Å². The highest BCUT2D eigenvalue weighted by Gasteiger charge is 2.53. The maximum atomic E-state index is 12.6. The van der Waals surface area contributed by atoms with Crippen LogP contribution in [0.3, 0.4) is 0 Å². The fourth-order valence-electron chi connectivity index (χ4n) is 4.96. The summed E-state index contributed by atoms with van der Waals surface area (Å²) in [5.41, 5.74) is 0.853. The molecule has 1 saturated carbocycles. The van der Waals surface area contributed by atoms with Gasteiger partial charge in [-0.3, -0.25) is 4.79 Å². The molecule has 2 atom stereocenters. The molecule has 0 saturated heterocycles. The van der Waals surface area contributed by atoms with E-state index in [9.17, 15) is 19.8 Å². The fourth-order valence-corrected chi connectivity index (χ4v) is 5.20. The lowest BCUT2D eigenvalue weighted by molar-refractivity contribution is -0.153. The van der Waals surface area contributed by atoms with Crippen LogP contribution in [0, 0.1) is 17.3 Å². The van der Waals surface area contributed by atoms with Crippen molar-refractivity contribution >= 4 is 29.1 Å². The summed E-state index contributed by atoms with van der Waals surface area (Å²) in [7, 11) is 0. The van der Waals surface area contributed by atoms with E-state index in [1.807, 2.05) is 12.1 Å². The minimum Gasteiger partial charge on any atom is -0.481 e. The van der Waals surface area contributed by atoms with E-state index in [1.165, 1.54) is 0 Å². The van der Waals surface area contributed by atoms with Gasteiger partial charge in [0.2, 0.25) is 0 Å². The minimum atomic E-state index is -1.23. The highest BCUT2D eigenvalue weighted by atomic mass is 35.5. The predicted octanol–water partition coefficient (Wildman–Crippen LogP) is 5.43. The maximum absolute atomic E-state index is 12.6. The highest BCUT2D eigenvalue weighted by Crippen LogP contribution is 2.54. The van der Waals surface area contributed by atoms with Crippen molar-refractivity contribution in [2.75, 3.05) is 0 Å². The molecule has 1 fully saturated rings. The van der Waals surface area contributed by atoms with E-state index in [4.69, 9.17) is 11.6 Å². The van der Waals surface area contributed by atoms with Gasteiger partial charge >= 0.3 is 11.9 Å². The molecule has 3 rings (SSSR count). The Morgan fingerprint density at radius 1 is 1.11 bits per heavy atom. The number of carbonyl (C=O) groups is 2. The number of halogens is 1. The number of allylic oxidation sites excluding steroid dienone is 2. The van der Waals surface area contributed by atoms with Crippen LogP contribution in [0.15, 0.2) is 41.5 Å². The summed E-state index contributed by atoms with van der Waals surface area (Å²) in [6.45, 7) is 3.50. The van der Waals surface area contributed by atoms with Gasteiger partial charge in [0.1, 0.15) is 0 Å². The van der Waals surface area contributed by atoms with Gasteiger partial charge in [0.05, 0.1) is 5.41 Å². The zero-order chi connectivity index (χ0) is 19.8. The SMILES string of the molecule is CC1=C(C(=O)O)C(C)C(C(=O)O)(C2CCCCC2)C=C1c1ccccc1Cl. The Balaban J connectivity index is 2.28. The standard InChI is InChI=1S/C22H25ClO4/c1-13-17(16-10-6-7-11-18(16)23)12-22(21(26)27,14(2)19(13)20(24)25)15-8-4-3-5-9-15/h6-7,10-12,14-15H,3-5,8-9H2,1-2H3,(H,24,25)(H,26,27). The average Bonchev–Trinajstić information content (AvgIpc) is 2.63. The first-order valence-corrected chi connectivity index (χ1v) is 9.84. The first kappa shape index (κ1) is 19.7. The van der Waals surface area contributed by atoms with Crippen LogP contribution in [0.4, 0.5) is 0 Å². The van der Waals surface area contributed by atoms with Crippen LogP contribution < -0.4 is 0 Å². The van der Waals surface area contributed by atoms with Gasteiger partial charge in [-0.2, -0.15) is 0 Å². The molecule has 1 aromatic carbocycles. The number of hydrogen-bond acceptors (Lipinski definition) is 2. The van der Waals surface area contributed by atoms with E-state index < -0.39 is 23.3 Å². The summed E-state index contributed by atoms with van der Waals surface area (Å²) in [6, 6.07) is 7.20. The number of rotatable bonds is 4. The van der Waals surface area contributed by atoms with Gasteiger partial charge in [-0.05, 0) is 42.9 Å². The van der Waals surface area contributed by atoms with Crippen LogP contribution in [-0.4, -0.2) is 22.2 Å². The molecule has 2 N–H and O–H groups in total. The molecule has 2 unspecified atom stereocenters. The number of benzene rings is 1. The second kappa shape index (κ2) is 7.51. The molecule has 0 aromatic heterocycles. The fraction of sp³-hybridized carbons (Fsp3) is 0.455. The van der Waals surface area contributed by atoms with Crippen molar-refractivity contribution in [3.63, 3.8) is 0 Å². The van der Waals surface area contributed by atoms with Crippen molar-refractivity contribution in [3.8, 4) is 0 Å². The molecule has 5 heteroatoms. The van der Waals surface area contributed by atoms with E-state index in [-0.39, 0.29) is 11.5 Å². The third kappa shape index (κ3) is 3.20. The zero-order valence-electron chi connectivity index (χ0n) is 15.7. The number of carboxylic acid groups (broad SMARTS) is 2. The average molecular weight is 389 g/mol. The summed E-state index contributed by atoms with van der Waals surface area (Å²) in [5.74, 6) is -2.70. The molecule has 144 valence electrons. The predicted molar refractivity (Wildman–Crippen MR) is 106 cm³/mol. The Morgan fingerprint density at radius 2 is 1.74 bits per heavy atom. The molecule has 0 spiro atoms. The van der Waals surface area contributed by atoms with Gasteiger partial charge in [0, 0.05) is 22.1 Å². The van der Waals surface area contributed by atoms with Crippen LogP contribution in [0.1, 0.15) is 51.5 Å². The van der Waals surface area contributed by atoms with Crippen LogP contribution >= 0.6 is 11.6 Å².